The first-order chi connectivity index (χ1) is 11.6. The third-order valence-electron chi connectivity index (χ3n) is 3.10. The van der Waals surface area contributed by atoms with Gasteiger partial charge in [0.05, 0.1) is 16.3 Å². The van der Waals surface area contributed by atoms with Crippen LogP contribution in [0.1, 0.15) is 0 Å². The maximum absolute atomic E-state index is 11.7. The van der Waals surface area contributed by atoms with Crippen LogP contribution in [0.2, 0.25) is 10.0 Å². The normalized spacial score (nSPS) is 10.5. The Labute approximate surface area is 151 Å². The van der Waals surface area contributed by atoms with Crippen molar-refractivity contribution in [3.05, 3.63) is 46.4 Å². The topological polar surface area (TPSA) is 78.9 Å². The number of halogens is 2. The average Bonchev–Trinajstić information content (AvgIpc) is 2.95. The number of anilines is 1. The molecule has 0 aliphatic rings. The summed E-state index contributed by atoms with van der Waals surface area (Å²) in [6.07, 6.45) is 0. The number of thioether (sulfide) groups is 1. The summed E-state index contributed by atoms with van der Waals surface area (Å²) in [4.78, 5) is 16.1. The fourth-order valence-electron chi connectivity index (χ4n) is 2.08. The summed E-state index contributed by atoms with van der Waals surface area (Å²) in [6, 6.07) is 10.2. The molecule has 1 heterocycles. The van der Waals surface area contributed by atoms with Gasteiger partial charge in [0.15, 0.2) is 5.58 Å². The summed E-state index contributed by atoms with van der Waals surface area (Å²) in [7, 11) is 0. The van der Waals surface area contributed by atoms with Crippen molar-refractivity contribution in [2.75, 3.05) is 11.1 Å². The molecule has 0 spiro atoms. The molecule has 0 saturated carbocycles. The van der Waals surface area contributed by atoms with E-state index < -0.39 is 0 Å². The van der Waals surface area contributed by atoms with Gasteiger partial charge in [-0.1, -0.05) is 23.2 Å². The zero-order chi connectivity index (χ0) is 17.1. The number of thiocyanates is 1. The number of benzene rings is 2. The molecule has 5 nitrogen and oxygen atoms in total. The zero-order valence-electron chi connectivity index (χ0n) is 12.0. The molecular formula is C16H9Cl2N3O2S. The van der Waals surface area contributed by atoms with Gasteiger partial charge in [-0.3, -0.25) is 4.79 Å². The summed E-state index contributed by atoms with van der Waals surface area (Å²) in [5, 5.41) is 14.0. The standard InChI is InChI=1S/C16H9Cl2N3O2S/c17-9-1-3-11(12(18)5-9)16-21-13-6-10(2-4-14(13)23-16)20-15(22)7-24-8-19/h1-6H,7H2,(H,20,22). The molecule has 8 heteroatoms. The number of nitrogens with zero attached hydrogens (tertiary/aromatic N) is 2. The zero-order valence-corrected chi connectivity index (χ0v) is 14.4. The molecule has 1 aromatic heterocycles. The molecule has 0 aliphatic heterocycles. The fourth-order valence-corrected chi connectivity index (χ4v) is 2.84. The largest absolute Gasteiger partial charge is 0.436 e. The second-order valence-corrected chi connectivity index (χ2v) is 6.36. The summed E-state index contributed by atoms with van der Waals surface area (Å²) >= 11 is 12.9. The highest BCUT2D eigenvalue weighted by Crippen LogP contribution is 2.32. The van der Waals surface area contributed by atoms with Crippen LogP contribution in [0.4, 0.5) is 5.69 Å². The van der Waals surface area contributed by atoms with E-state index in [2.05, 4.69) is 10.3 Å². The van der Waals surface area contributed by atoms with Gasteiger partial charge < -0.3 is 9.73 Å². The first-order valence-corrected chi connectivity index (χ1v) is 8.48. The maximum atomic E-state index is 11.7. The number of oxazole rings is 1. The van der Waals surface area contributed by atoms with Crippen LogP contribution in [0.15, 0.2) is 40.8 Å². The smallest absolute Gasteiger partial charge is 0.235 e. The van der Waals surface area contributed by atoms with Gasteiger partial charge in [0.25, 0.3) is 0 Å². The Morgan fingerprint density at radius 2 is 2.12 bits per heavy atom. The maximum Gasteiger partial charge on any atom is 0.235 e. The second-order valence-electron chi connectivity index (χ2n) is 4.75. The molecule has 0 bridgehead atoms. The van der Waals surface area contributed by atoms with Gasteiger partial charge in [0, 0.05) is 10.7 Å². The van der Waals surface area contributed by atoms with Crippen LogP contribution >= 0.6 is 35.0 Å². The first-order valence-electron chi connectivity index (χ1n) is 6.73. The van der Waals surface area contributed by atoms with Crippen LogP contribution in [0.3, 0.4) is 0 Å². The number of carbonyl (C=O) groups excluding carboxylic acids is 1. The van der Waals surface area contributed by atoms with Gasteiger partial charge in [-0.15, -0.1) is 0 Å². The Morgan fingerprint density at radius 1 is 1.29 bits per heavy atom. The van der Waals surface area contributed by atoms with Crippen molar-refractivity contribution in [2.24, 2.45) is 0 Å². The highest BCUT2D eigenvalue weighted by molar-refractivity contribution is 8.04. The molecule has 2 aromatic carbocycles. The molecule has 3 aromatic rings. The monoisotopic (exact) mass is 377 g/mol. The van der Waals surface area contributed by atoms with Crippen molar-refractivity contribution < 1.29 is 9.21 Å². The Morgan fingerprint density at radius 3 is 2.88 bits per heavy atom. The summed E-state index contributed by atoms with van der Waals surface area (Å²) in [5.41, 5.74) is 2.36. The minimum atomic E-state index is -0.259. The molecular weight excluding hydrogens is 369 g/mol. The van der Waals surface area contributed by atoms with Gasteiger partial charge in [0.1, 0.15) is 10.9 Å². The fraction of sp³-hybridized carbons (Fsp3) is 0.0625. The molecule has 120 valence electrons. The van der Waals surface area contributed by atoms with Crippen molar-refractivity contribution in [1.29, 1.82) is 5.26 Å². The Balaban J connectivity index is 1.89. The van der Waals surface area contributed by atoms with E-state index in [1.165, 1.54) is 0 Å². The van der Waals surface area contributed by atoms with Crippen LogP contribution < -0.4 is 5.32 Å². The third kappa shape index (κ3) is 3.65. The van der Waals surface area contributed by atoms with Crippen LogP contribution in [0.5, 0.6) is 0 Å². The van der Waals surface area contributed by atoms with E-state index in [1.54, 1.807) is 36.4 Å². The number of fused-ring (bicyclic) bond motifs is 1. The van der Waals surface area contributed by atoms with Crippen LogP contribution in [0.25, 0.3) is 22.6 Å². The van der Waals surface area contributed by atoms with E-state index in [9.17, 15) is 4.79 Å². The lowest BCUT2D eigenvalue weighted by Crippen LogP contribution is -2.13. The molecule has 3 rings (SSSR count). The Bertz CT molecular complexity index is 966. The Hall–Kier alpha value is -2.20. The lowest BCUT2D eigenvalue weighted by atomic mass is 10.2. The van der Waals surface area contributed by atoms with Crippen molar-refractivity contribution >= 4 is 57.7 Å². The Kier molecular flexibility index (Phi) is 4.95. The van der Waals surface area contributed by atoms with E-state index in [4.69, 9.17) is 32.9 Å². The van der Waals surface area contributed by atoms with Gasteiger partial charge >= 0.3 is 0 Å². The highest BCUT2D eigenvalue weighted by atomic mass is 35.5. The SMILES string of the molecule is N#CSCC(=O)Nc1ccc2oc(-c3ccc(Cl)cc3Cl)nc2c1. The van der Waals surface area contributed by atoms with Crippen LogP contribution in [0, 0.1) is 10.7 Å². The van der Waals surface area contributed by atoms with E-state index in [0.29, 0.717) is 38.3 Å². The number of carbonyl (C=O) groups is 1. The number of nitrogens with one attached hydrogen (secondary N) is 1. The minimum Gasteiger partial charge on any atom is -0.436 e. The lowest BCUT2D eigenvalue weighted by molar-refractivity contribution is -0.113. The summed E-state index contributed by atoms with van der Waals surface area (Å²) < 4.78 is 5.70. The average molecular weight is 378 g/mol. The van der Waals surface area contributed by atoms with Gasteiger partial charge in [-0.05, 0) is 48.2 Å². The number of aromatic nitrogens is 1. The summed E-state index contributed by atoms with van der Waals surface area (Å²) in [6.45, 7) is 0. The minimum absolute atomic E-state index is 0.0684. The predicted molar refractivity (Wildman–Crippen MR) is 96.2 cm³/mol. The van der Waals surface area contributed by atoms with E-state index in [0.717, 1.165) is 11.8 Å². The predicted octanol–water partition coefficient (Wildman–Crippen LogP) is 4.95. The molecule has 0 saturated heterocycles. The molecule has 1 N–H and O–H groups in total. The molecule has 0 aliphatic carbocycles. The molecule has 0 radical (unpaired) electrons. The first kappa shape index (κ1) is 16.7. The number of hydrogen-bond donors (Lipinski definition) is 1. The van der Waals surface area contributed by atoms with Crippen molar-refractivity contribution in [2.45, 2.75) is 0 Å². The number of nitriles is 1. The van der Waals surface area contributed by atoms with Crippen LogP contribution in [-0.4, -0.2) is 16.6 Å². The van der Waals surface area contributed by atoms with Gasteiger partial charge in [0.2, 0.25) is 11.8 Å². The quantitative estimate of drug-likeness (QED) is 0.650. The second kappa shape index (κ2) is 7.14. The molecule has 0 fully saturated rings. The van der Waals surface area contributed by atoms with Crippen molar-refractivity contribution in [3.8, 4) is 16.9 Å². The number of amides is 1. The summed E-state index contributed by atoms with van der Waals surface area (Å²) in [5.74, 6) is 0.180. The van der Waals surface area contributed by atoms with Gasteiger partial charge in [-0.25, -0.2) is 4.98 Å². The van der Waals surface area contributed by atoms with Crippen molar-refractivity contribution in [3.63, 3.8) is 0 Å². The van der Waals surface area contributed by atoms with E-state index >= 15 is 0 Å². The molecule has 24 heavy (non-hydrogen) atoms. The van der Waals surface area contributed by atoms with Crippen LogP contribution in [-0.2, 0) is 4.79 Å². The third-order valence-corrected chi connectivity index (χ3v) is 4.18. The molecule has 0 unspecified atom stereocenters. The highest BCUT2D eigenvalue weighted by Gasteiger charge is 2.13. The molecule has 1 amide bonds. The molecule has 0 atom stereocenters. The van der Waals surface area contributed by atoms with Crippen molar-refractivity contribution in [1.82, 2.24) is 4.98 Å². The van der Waals surface area contributed by atoms with E-state index in [1.807, 2.05) is 5.40 Å². The number of hydrogen-bond acceptors (Lipinski definition) is 5. The van der Waals surface area contributed by atoms with Gasteiger partial charge in [-0.2, -0.15) is 5.26 Å². The van der Waals surface area contributed by atoms with E-state index in [-0.39, 0.29) is 11.7 Å². The lowest BCUT2D eigenvalue weighted by Gasteiger charge is -2.02. The number of rotatable bonds is 4.